The minimum Gasteiger partial charge on any atom is -0.351 e. The van der Waals surface area contributed by atoms with Crippen molar-refractivity contribution in [3.05, 3.63) is 11.8 Å². The number of carbonyl (C=O) groups is 1. The topological polar surface area (TPSA) is 95.5 Å². The molecule has 1 amide bonds. The predicted molar refractivity (Wildman–Crippen MR) is 94.4 cm³/mol. The molecule has 1 aromatic heterocycles. The predicted octanol–water partition coefficient (Wildman–Crippen LogP) is 0.956. The number of halogens is 2. The first-order valence-corrected chi connectivity index (χ1v) is 10.7. The van der Waals surface area contributed by atoms with Gasteiger partial charge >= 0.3 is 0 Å². The second kappa shape index (κ2) is 6.33. The Bertz CT molecular complexity index is 867. The lowest BCUT2D eigenvalue weighted by Crippen LogP contribution is -2.42. The molecular formula is C16H21F2N5O3S. The molecule has 0 aromatic carbocycles. The number of alkyl halides is 2. The van der Waals surface area contributed by atoms with Crippen molar-refractivity contribution in [2.45, 2.75) is 43.6 Å². The fraction of sp³-hybridized carbons (Fsp3) is 0.688. The number of aromatic nitrogens is 2. The number of sulfonamides is 1. The van der Waals surface area contributed by atoms with Crippen LogP contribution >= 0.6 is 0 Å². The first kappa shape index (κ1) is 18.5. The van der Waals surface area contributed by atoms with E-state index in [4.69, 9.17) is 0 Å². The van der Waals surface area contributed by atoms with Crippen LogP contribution in [0.25, 0.3) is 0 Å². The standard InChI is InChI=1S/C16H21F2N5O3S/c1-27(25,26)22-6-2-10(3-7-22)20-15-19-8-11-13(21-15)23(9-12(17)18)14(24)16(11)4-5-16/h8,10,12H,2-7,9H2,1H3,(H,19,20,21). The molecule has 11 heteroatoms. The number of piperidine rings is 1. The minimum absolute atomic E-state index is 0.0170. The summed E-state index contributed by atoms with van der Waals surface area (Å²) < 4.78 is 50.4. The summed E-state index contributed by atoms with van der Waals surface area (Å²) in [6, 6.07) is -0.0170. The lowest BCUT2D eigenvalue weighted by Gasteiger charge is -2.30. The second-order valence-electron chi connectivity index (χ2n) is 7.40. The third-order valence-corrected chi connectivity index (χ3v) is 6.82. The third kappa shape index (κ3) is 3.27. The molecule has 1 saturated carbocycles. The summed E-state index contributed by atoms with van der Waals surface area (Å²) in [6.07, 6.45) is 2.58. The van der Waals surface area contributed by atoms with Crippen LogP contribution in [0.15, 0.2) is 6.20 Å². The van der Waals surface area contributed by atoms with Gasteiger partial charge in [0.15, 0.2) is 0 Å². The normalized spacial score (nSPS) is 22.5. The average Bonchev–Trinajstić information content (AvgIpc) is 3.36. The summed E-state index contributed by atoms with van der Waals surface area (Å²) >= 11 is 0. The average molecular weight is 401 g/mol. The molecule has 3 heterocycles. The highest BCUT2D eigenvalue weighted by atomic mass is 32.2. The van der Waals surface area contributed by atoms with Crippen LogP contribution in [0, 0.1) is 0 Å². The first-order chi connectivity index (χ1) is 12.7. The van der Waals surface area contributed by atoms with Crippen LogP contribution in [0.3, 0.4) is 0 Å². The number of fused-ring (bicyclic) bond motifs is 2. The Morgan fingerprint density at radius 1 is 1.33 bits per heavy atom. The van der Waals surface area contributed by atoms with Crippen LogP contribution in [0.2, 0.25) is 0 Å². The maximum absolute atomic E-state index is 12.9. The van der Waals surface area contributed by atoms with Gasteiger partial charge in [0.1, 0.15) is 5.82 Å². The summed E-state index contributed by atoms with van der Waals surface area (Å²) in [6.45, 7) is 0.137. The Morgan fingerprint density at radius 2 is 2.00 bits per heavy atom. The van der Waals surface area contributed by atoms with Gasteiger partial charge in [0.05, 0.1) is 18.2 Å². The molecule has 3 aliphatic rings. The van der Waals surface area contributed by atoms with Crippen molar-refractivity contribution in [1.82, 2.24) is 14.3 Å². The van der Waals surface area contributed by atoms with Gasteiger partial charge in [0.2, 0.25) is 21.9 Å². The summed E-state index contributed by atoms with van der Waals surface area (Å²) in [5, 5.41) is 3.15. The number of carbonyl (C=O) groups excluding carboxylic acids is 1. The van der Waals surface area contributed by atoms with Crippen LogP contribution < -0.4 is 10.2 Å². The Hall–Kier alpha value is -1.88. The molecule has 0 radical (unpaired) electrons. The van der Waals surface area contributed by atoms with Crippen LogP contribution in [0.4, 0.5) is 20.5 Å². The number of amides is 1. The number of anilines is 2. The second-order valence-corrected chi connectivity index (χ2v) is 9.38. The Labute approximate surface area is 156 Å². The van der Waals surface area contributed by atoms with Crippen molar-refractivity contribution in [1.29, 1.82) is 0 Å². The van der Waals surface area contributed by atoms with E-state index in [0.29, 0.717) is 44.3 Å². The van der Waals surface area contributed by atoms with E-state index < -0.39 is 28.4 Å². The highest BCUT2D eigenvalue weighted by Crippen LogP contribution is 2.56. The van der Waals surface area contributed by atoms with Gasteiger partial charge in [-0.15, -0.1) is 0 Å². The zero-order chi connectivity index (χ0) is 19.4. The van der Waals surface area contributed by atoms with Crippen molar-refractivity contribution in [3.8, 4) is 0 Å². The summed E-state index contributed by atoms with van der Waals surface area (Å²) in [5.74, 6) is 0.228. The summed E-state index contributed by atoms with van der Waals surface area (Å²) in [4.78, 5) is 22.3. The Kier molecular flexibility index (Phi) is 4.34. The Balaban J connectivity index is 1.50. The first-order valence-electron chi connectivity index (χ1n) is 8.90. The van der Waals surface area contributed by atoms with E-state index in [1.165, 1.54) is 10.6 Å². The fourth-order valence-electron chi connectivity index (χ4n) is 3.89. The molecular weight excluding hydrogens is 380 g/mol. The molecule has 1 aromatic rings. The van der Waals surface area contributed by atoms with E-state index in [-0.39, 0.29) is 23.7 Å². The number of nitrogens with one attached hydrogen (secondary N) is 1. The monoisotopic (exact) mass is 401 g/mol. The quantitative estimate of drug-likeness (QED) is 0.790. The van der Waals surface area contributed by atoms with Crippen LogP contribution in [0.1, 0.15) is 31.2 Å². The largest absolute Gasteiger partial charge is 0.351 e. The molecule has 0 atom stereocenters. The molecule has 2 aliphatic heterocycles. The van der Waals surface area contributed by atoms with E-state index in [0.717, 1.165) is 4.90 Å². The van der Waals surface area contributed by atoms with Gasteiger partial charge in [-0.05, 0) is 25.7 Å². The van der Waals surface area contributed by atoms with E-state index in [1.54, 1.807) is 6.20 Å². The minimum atomic E-state index is -3.20. The highest BCUT2D eigenvalue weighted by Gasteiger charge is 2.60. The molecule has 4 rings (SSSR count). The van der Waals surface area contributed by atoms with Gasteiger partial charge < -0.3 is 5.32 Å². The summed E-state index contributed by atoms with van der Waals surface area (Å²) in [5.41, 5.74) is -0.0746. The number of hydrogen-bond donors (Lipinski definition) is 1. The van der Waals surface area contributed by atoms with E-state index in [9.17, 15) is 22.0 Å². The van der Waals surface area contributed by atoms with E-state index >= 15 is 0 Å². The molecule has 148 valence electrons. The lowest BCUT2D eigenvalue weighted by atomic mass is 10.0. The summed E-state index contributed by atoms with van der Waals surface area (Å²) in [7, 11) is -3.20. The molecule has 1 saturated heterocycles. The molecule has 8 nitrogen and oxygen atoms in total. The van der Waals surface area contributed by atoms with Gasteiger partial charge in [0.25, 0.3) is 6.43 Å². The van der Waals surface area contributed by atoms with Crippen molar-refractivity contribution in [2.24, 2.45) is 0 Å². The molecule has 0 bridgehead atoms. The number of hydrogen-bond acceptors (Lipinski definition) is 6. The van der Waals surface area contributed by atoms with Crippen molar-refractivity contribution < 1.29 is 22.0 Å². The fourth-order valence-corrected chi connectivity index (χ4v) is 4.76. The van der Waals surface area contributed by atoms with Crippen molar-refractivity contribution in [3.63, 3.8) is 0 Å². The van der Waals surface area contributed by atoms with Crippen molar-refractivity contribution >= 4 is 27.7 Å². The maximum atomic E-state index is 12.9. The maximum Gasteiger partial charge on any atom is 0.256 e. The number of nitrogens with zero attached hydrogens (tertiary/aromatic N) is 4. The lowest BCUT2D eigenvalue weighted by molar-refractivity contribution is -0.120. The zero-order valence-corrected chi connectivity index (χ0v) is 15.7. The van der Waals surface area contributed by atoms with Crippen molar-refractivity contribution in [2.75, 3.05) is 36.1 Å². The molecule has 1 spiro atoms. The van der Waals surface area contributed by atoms with Gasteiger partial charge in [-0.25, -0.2) is 26.5 Å². The molecule has 1 N–H and O–H groups in total. The van der Waals surface area contributed by atoms with Gasteiger partial charge in [-0.1, -0.05) is 0 Å². The number of rotatable bonds is 5. The molecule has 27 heavy (non-hydrogen) atoms. The molecule has 2 fully saturated rings. The van der Waals surface area contributed by atoms with E-state index in [1.807, 2.05) is 0 Å². The Morgan fingerprint density at radius 3 is 2.56 bits per heavy atom. The van der Waals surface area contributed by atoms with Crippen LogP contribution in [-0.2, 0) is 20.2 Å². The van der Waals surface area contributed by atoms with Gasteiger partial charge in [-0.3, -0.25) is 9.69 Å². The third-order valence-electron chi connectivity index (χ3n) is 5.52. The molecule has 1 aliphatic carbocycles. The van der Waals surface area contributed by atoms with Gasteiger partial charge in [-0.2, -0.15) is 4.98 Å². The van der Waals surface area contributed by atoms with Crippen LogP contribution in [0.5, 0.6) is 0 Å². The molecule has 0 unspecified atom stereocenters. The smallest absolute Gasteiger partial charge is 0.256 e. The SMILES string of the molecule is CS(=O)(=O)N1CCC(Nc2ncc3c(n2)N(CC(F)F)C(=O)C32CC2)CC1. The highest BCUT2D eigenvalue weighted by molar-refractivity contribution is 7.88. The van der Waals surface area contributed by atoms with Gasteiger partial charge in [0, 0.05) is 30.9 Å². The van der Waals surface area contributed by atoms with Crippen LogP contribution in [-0.4, -0.2) is 67.0 Å². The van der Waals surface area contributed by atoms with E-state index in [2.05, 4.69) is 15.3 Å². The zero-order valence-electron chi connectivity index (χ0n) is 14.9.